The topological polar surface area (TPSA) is 90.2 Å². The number of benzene rings is 1. The third kappa shape index (κ3) is 4.11. The molecule has 0 aliphatic rings. The van der Waals surface area contributed by atoms with E-state index in [2.05, 4.69) is 15.3 Å². The van der Waals surface area contributed by atoms with E-state index >= 15 is 0 Å². The van der Waals surface area contributed by atoms with Crippen LogP contribution in [-0.4, -0.2) is 21.4 Å². The highest BCUT2D eigenvalue weighted by atomic mass is 35.5. The first-order valence-corrected chi connectivity index (χ1v) is 6.61. The Kier molecular flexibility index (Phi) is 5.02. The molecule has 1 aromatic carbocycles. The van der Waals surface area contributed by atoms with Gasteiger partial charge < -0.3 is 10.1 Å². The molecule has 0 bridgehead atoms. The quantitative estimate of drug-likeness (QED) is 0.651. The largest absolute Gasteiger partial charge is 0.424 e. The predicted molar refractivity (Wildman–Crippen MR) is 77.6 cm³/mol. The van der Waals surface area contributed by atoms with Gasteiger partial charge in [-0.1, -0.05) is 18.5 Å². The lowest BCUT2D eigenvalue weighted by Gasteiger charge is -2.05. The molecule has 1 heterocycles. The zero-order chi connectivity index (χ0) is 15.2. The fourth-order valence-corrected chi connectivity index (χ4v) is 1.80. The van der Waals surface area contributed by atoms with Crippen LogP contribution < -0.4 is 10.1 Å². The van der Waals surface area contributed by atoms with E-state index in [0.29, 0.717) is 12.3 Å². The molecule has 0 radical (unpaired) electrons. The minimum atomic E-state index is -0.557. The Hall–Kier alpha value is -2.25. The van der Waals surface area contributed by atoms with E-state index < -0.39 is 4.92 Å². The van der Waals surface area contributed by atoms with E-state index in [4.69, 9.17) is 16.3 Å². The summed E-state index contributed by atoms with van der Waals surface area (Å²) in [7, 11) is 0. The smallest absolute Gasteiger partial charge is 0.321 e. The number of nitro benzene ring substituents is 1. The molecular weight excluding hydrogens is 296 g/mol. The highest BCUT2D eigenvalue weighted by molar-refractivity contribution is 6.32. The maximum atomic E-state index is 10.7. The molecule has 1 N–H and O–H groups in total. The number of nitrogens with one attached hydrogen (secondary N) is 1. The molecule has 0 fully saturated rings. The molecule has 0 atom stereocenters. The zero-order valence-corrected chi connectivity index (χ0v) is 12.0. The summed E-state index contributed by atoms with van der Waals surface area (Å²) in [5.41, 5.74) is 0.761. The summed E-state index contributed by atoms with van der Waals surface area (Å²) in [5, 5.41) is 13.8. The number of rotatable bonds is 6. The van der Waals surface area contributed by atoms with E-state index in [-0.39, 0.29) is 16.7 Å². The minimum absolute atomic E-state index is 0.00117. The SMILES string of the molecule is CCNCc1cnc(Oc2ccc([N+](=O)[O-])c(Cl)c2)nc1. The van der Waals surface area contributed by atoms with Crippen molar-refractivity contribution in [2.75, 3.05) is 6.54 Å². The average molecular weight is 309 g/mol. The van der Waals surface area contributed by atoms with Crippen LogP contribution in [0.1, 0.15) is 12.5 Å². The van der Waals surface area contributed by atoms with Gasteiger partial charge in [0.1, 0.15) is 10.8 Å². The normalized spacial score (nSPS) is 10.4. The average Bonchev–Trinajstić information content (AvgIpc) is 2.46. The predicted octanol–water partition coefficient (Wildman–Crippen LogP) is 2.94. The second-order valence-electron chi connectivity index (χ2n) is 4.13. The first-order chi connectivity index (χ1) is 10.1. The lowest BCUT2D eigenvalue weighted by atomic mass is 10.3. The molecule has 110 valence electrons. The molecule has 7 nitrogen and oxygen atoms in total. The zero-order valence-electron chi connectivity index (χ0n) is 11.2. The molecule has 0 unspecified atom stereocenters. The molecule has 0 aliphatic carbocycles. The Labute approximate surface area is 126 Å². The Morgan fingerprint density at radius 3 is 2.67 bits per heavy atom. The van der Waals surface area contributed by atoms with Gasteiger partial charge in [-0.05, 0) is 12.6 Å². The Bertz CT molecular complexity index is 634. The first kappa shape index (κ1) is 15.1. The Morgan fingerprint density at radius 2 is 2.10 bits per heavy atom. The second-order valence-corrected chi connectivity index (χ2v) is 4.53. The number of nitro groups is 1. The summed E-state index contributed by atoms with van der Waals surface area (Å²) >= 11 is 5.80. The van der Waals surface area contributed by atoms with Crippen molar-refractivity contribution in [3.8, 4) is 11.8 Å². The van der Waals surface area contributed by atoms with Gasteiger partial charge in [0.25, 0.3) is 5.69 Å². The van der Waals surface area contributed by atoms with Crippen LogP contribution in [0.2, 0.25) is 5.02 Å². The molecule has 0 spiro atoms. The van der Waals surface area contributed by atoms with Crippen LogP contribution >= 0.6 is 11.6 Å². The van der Waals surface area contributed by atoms with E-state index in [0.717, 1.165) is 12.1 Å². The fourth-order valence-electron chi connectivity index (χ4n) is 1.56. The monoisotopic (exact) mass is 308 g/mol. The molecule has 0 aliphatic heterocycles. The lowest BCUT2D eigenvalue weighted by Crippen LogP contribution is -2.12. The summed E-state index contributed by atoms with van der Waals surface area (Å²) in [6.07, 6.45) is 3.30. The van der Waals surface area contributed by atoms with Crippen LogP contribution in [0.3, 0.4) is 0 Å². The van der Waals surface area contributed by atoms with Crippen LogP contribution in [0.5, 0.6) is 11.8 Å². The van der Waals surface area contributed by atoms with Crippen molar-refractivity contribution >= 4 is 17.3 Å². The van der Waals surface area contributed by atoms with E-state index in [1.807, 2.05) is 6.92 Å². The van der Waals surface area contributed by atoms with E-state index in [9.17, 15) is 10.1 Å². The summed E-state index contributed by atoms with van der Waals surface area (Å²) in [5.74, 6) is 0.338. The van der Waals surface area contributed by atoms with E-state index in [1.54, 1.807) is 12.4 Å². The van der Waals surface area contributed by atoms with Gasteiger partial charge in [-0.25, -0.2) is 9.97 Å². The van der Waals surface area contributed by atoms with Crippen molar-refractivity contribution in [1.82, 2.24) is 15.3 Å². The van der Waals surface area contributed by atoms with Crippen molar-refractivity contribution in [2.24, 2.45) is 0 Å². The van der Waals surface area contributed by atoms with Crippen LogP contribution in [-0.2, 0) is 6.54 Å². The molecule has 1 aromatic heterocycles. The Morgan fingerprint density at radius 1 is 1.38 bits per heavy atom. The summed E-state index contributed by atoms with van der Waals surface area (Å²) in [6, 6.07) is 4.23. The number of aromatic nitrogens is 2. The van der Waals surface area contributed by atoms with Crippen LogP contribution in [0, 0.1) is 10.1 Å². The van der Waals surface area contributed by atoms with Gasteiger partial charge in [0.05, 0.1) is 4.92 Å². The van der Waals surface area contributed by atoms with Crippen LogP contribution in [0.25, 0.3) is 0 Å². The number of halogens is 1. The van der Waals surface area contributed by atoms with Crippen LogP contribution in [0.4, 0.5) is 5.69 Å². The molecule has 2 rings (SSSR count). The summed E-state index contributed by atoms with van der Waals surface area (Å²) in [6.45, 7) is 3.55. The molecule has 8 heteroatoms. The molecule has 2 aromatic rings. The third-order valence-electron chi connectivity index (χ3n) is 2.59. The summed E-state index contributed by atoms with van der Waals surface area (Å²) < 4.78 is 5.40. The Balaban J connectivity index is 2.07. The standard InChI is InChI=1S/C13H13ClN4O3/c1-2-15-6-9-7-16-13(17-8-9)21-10-3-4-12(18(19)20)11(14)5-10/h3-5,7-8,15H,2,6H2,1H3. The van der Waals surface area contributed by atoms with Crippen molar-refractivity contribution in [1.29, 1.82) is 0 Å². The first-order valence-electron chi connectivity index (χ1n) is 6.23. The number of hydrogen-bond donors (Lipinski definition) is 1. The fraction of sp³-hybridized carbons (Fsp3) is 0.231. The van der Waals surface area contributed by atoms with Gasteiger partial charge in [0, 0.05) is 36.6 Å². The molecule has 0 amide bonds. The summed E-state index contributed by atoms with van der Waals surface area (Å²) in [4.78, 5) is 18.2. The highest BCUT2D eigenvalue weighted by Gasteiger charge is 2.13. The van der Waals surface area contributed by atoms with Gasteiger partial charge in [0.2, 0.25) is 0 Å². The van der Waals surface area contributed by atoms with Gasteiger partial charge >= 0.3 is 6.01 Å². The van der Waals surface area contributed by atoms with Gasteiger partial charge in [-0.15, -0.1) is 0 Å². The van der Waals surface area contributed by atoms with Crippen molar-refractivity contribution < 1.29 is 9.66 Å². The minimum Gasteiger partial charge on any atom is -0.424 e. The highest BCUT2D eigenvalue weighted by Crippen LogP contribution is 2.29. The maximum absolute atomic E-state index is 10.7. The second kappa shape index (κ2) is 6.96. The van der Waals surface area contributed by atoms with E-state index in [1.165, 1.54) is 18.2 Å². The van der Waals surface area contributed by atoms with Gasteiger partial charge in [-0.3, -0.25) is 10.1 Å². The van der Waals surface area contributed by atoms with Crippen molar-refractivity contribution in [2.45, 2.75) is 13.5 Å². The lowest BCUT2D eigenvalue weighted by molar-refractivity contribution is -0.384. The number of hydrogen-bond acceptors (Lipinski definition) is 6. The third-order valence-corrected chi connectivity index (χ3v) is 2.89. The van der Waals surface area contributed by atoms with Crippen LogP contribution in [0.15, 0.2) is 30.6 Å². The number of nitrogens with zero attached hydrogens (tertiary/aromatic N) is 3. The number of ether oxygens (including phenoxy) is 1. The van der Waals surface area contributed by atoms with Crippen molar-refractivity contribution in [3.63, 3.8) is 0 Å². The molecule has 0 saturated carbocycles. The molecule has 0 saturated heterocycles. The van der Waals surface area contributed by atoms with Gasteiger partial charge in [0.15, 0.2) is 0 Å². The maximum Gasteiger partial charge on any atom is 0.321 e. The molecular formula is C13H13ClN4O3. The molecule has 21 heavy (non-hydrogen) atoms. The van der Waals surface area contributed by atoms with Crippen molar-refractivity contribution in [3.05, 3.63) is 51.3 Å². The van der Waals surface area contributed by atoms with Gasteiger partial charge in [-0.2, -0.15) is 0 Å².